The van der Waals surface area contributed by atoms with Crippen LogP contribution < -0.4 is 14.8 Å². The van der Waals surface area contributed by atoms with Gasteiger partial charge in [0.15, 0.2) is 11.5 Å². The van der Waals surface area contributed by atoms with E-state index in [1.807, 2.05) is 0 Å². The number of nitrogens with zero attached hydrogens (tertiary/aromatic N) is 1. The highest BCUT2D eigenvalue weighted by Crippen LogP contribution is 2.36. The van der Waals surface area contributed by atoms with Crippen LogP contribution in [0.3, 0.4) is 0 Å². The first-order chi connectivity index (χ1) is 12.5. The Labute approximate surface area is 154 Å². The van der Waals surface area contributed by atoms with Crippen LogP contribution in [0.5, 0.6) is 11.5 Å². The number of hydrogen-bond donors (Lipinski definition) is 2. The van der Waals surface area contributed by atoms with Crippen LogP contribution in [0.15, 0.2) is 18.2 Å². The molecule has 0 fully saturated rings. The van der Waals surface area contributed by atoms with E-state index in [-0.39, 0.29) is 23.8 Å². The second-order valence-corrected chi connectivity index (χ2v) is 6.26. The molecule has 1 amide bonds. The van der Waals surface area contributed by atoms with Crippen LogP contribution >= 0.6 is 0 Å². The first-order valence-corrected chi connectivity index (χ1v) is 7.97. The number of hydrogen-bond acceptors (Lipinski definition) is 6. The van der Waals surface area contributed by atoms with Crippen molar-refractivity contribution in [2.75, 3.05) is 13.7 Å². The topological polar surface area (TPSA) is 111 Å². The minimum atomic E-state index is -3.18. The quantitative estimate of drug-likeness (QED) is 0.382. The van der Waals surface area contributed by atoms with Crippen molar-refractivity contribution >= 4 is 17.7 Å². The highest BCUT2D eigenvalue weighted by molar-refractivity contribution is 5.92. The van der Waals surface area contributed by atoms with Gasteiger partial charge in [0.1, 0.15) is 0 Å². The molecule has 0 saturated heterocycles. The molecule has 1 aromatic carbocycles. The van der Waals surface area contributed by atoms with Gasteiger partial charge in [-0.15, -0.1) is 0 Å². The Balaban J connectivity index is 3.05. The van der Waals surface area contributed by atoms with Gasteiger partial charge in [-0.25, -0.2) is 0 Å². The standard InChI is InChI=1S/C17H22F2N2O6/c1-10(2)17(3,23)9-20-15(22)6-5-11-7-13(26-4)14(27-16(18)19)8-12(11)21(24)25/h5-8,10,16,23H,9H2,1-4H3,(H,20,22). The lowest BCUT2D eigenvalue weighted by molar-refractivity contribution is -0.385. The molecule has 0 aliphatic heterocycles. The van der Waals surface area contributed by atoms with E-state index in [0.717, 1.165) is 24.3 Å². The molecule has 0 aliphatic carbocycles. The maximum Gasteiger partial charge on any atom is 0.387 e. The van der Waals surface area contributed by atoms with Gasteiger partial charge < -0.3 is 19.9 Å². The van der Waals surface area contributed by atoms with E-state index in [2.05, 4.69) is 10.1 Å². The van der Waals surface area contributed by atoms with Crippen molar-refractivity contribution in [3.05, 3.63) is 33.9 Å². The molecule has 2 N–H and O–H groups in total. The van der Waals surface area contributed by atoms with Crippen molar-refractivity contribution in [2.45, 2.75) is 33.0 Å². The zero-order chi connectivity index (χ0) is 20.8. The average molecular weight is 388 g/mol. The summed E-state index contributed by atoms with van der Waals surface area (Å²) in [7, 11) is 1.19. The van der Waals surface area contributed by atoms with E-state index in [1.54, 1.807) is 20.8 Å². The summed E-state index contributed by atoms with van der Waals surface area (Å²) in [6, 6.07) is 1.91. The maximum atomic E-state index is 12.4. The number of carbonyl (C=O) groups is 1. The number of carbonyl (C=O) groups excluding carboxylic acids is 1. The van der Waals surface area contributed by atoms with Crippen molar-refractivity contribution < 1.29 is 33.1 Å². The lowest BCUT2D eigenvalue weighted by atomic mass is 9.92. The zero-order valence-electron chi connectivity index (χ0n) is 15.4. The molecule has 0 saturated carbocycles. The molecule has 0 aromatic heterocycles. The third kappa shape index (κ3) is 6.48. The van der Waals surface area contributed by atoms with Crippen molar-refractivity contribution in [3.63, 3.8) is 0 Å². The molecule has 0 aliphatic rings. The molecule has 8 nitrogen and oxygen atoms in total. The van der Waals surface area contributed by atoms with E-state index in [0.29, 0.717) is 0 Å². The number of nitro benzene ring substituents is 1. The summed E-state index contributed by atoms with van der Waals surface area (Å²) >= 11 is 0. The number of nitrogens with one attached hydrogen (secondary N) is 1. The van der Waals surface area contributed by atoms with Crippen molar-refractivity contribution in [1.29, 1.82) is 0 Å². The lowest BCUT2D eigenvalue weighted by Crippen LogP contribution is -2.43. The predicted molar refractivity (Wildman–Crippen MR) is 93.8 cm³/mol. The highest BCUT2D eigenvalue weighted by Gasteiger charge is 2.25. The molecule has 1 unspecified atom stereocenters. The number of amides is 1. The van der Waals surface area contributed by atoms with E-state index in [9.17, 15) is 28.8 Å². The Morgan fingerprint density at radius 2 is 2.04 bits per heavy atom. The monoisotopic (exact) mass is 388 g/mol. The number of nitro groups is 1. The Hall–Kier alpha value is -2.75. The summed E-state index contributed by atoms with van der Waals surface area (Å²) in [5.41, 5.74) is -1.69. The molecule has 150 valence electrons. The highest BCUT2D eigenvalue weighted by atomic mass is 19.3. The molecule has 1 atom stereocenters. The smallest absolute Gasteiger partial charge is 0.387 e. The van der Waals surface area contributed by atoms with Crippen LogP contribution in [0.4, 0.5) is 14.5 Å². The Kier molecular flexibility index (Phi) is 7.65. The summed E-state index contributed by atoms with van der Waals surface area (Å²) in [5.74, 6) is -1.33. The summed E-state index contributed by atoms with van der Waals surface area (Å²) in [4.78, 5) is 22.3. The summed E-state index contributed by atoms with van der Waals surface area (Å²) in [5, 5.41) is 23.8. The van der Waals surface area contributed by atoms with Gasteiger partial charge in [0.05, 0.1) is 29.3 Å². The predicted octanol–water partition coefficient (Wildman–Crippen LogP) is 2.74. The number of ether oxygens (including phenoxy) is 2. The molecule has 0 spiro atoms. The van der Waals surface area contributed by atoms with Gasteiger partial charge >= 0.3 is 6.61 Å². The van der Waals surface area contributed by atoms with Gasteiger partial charge in [0.25, 0.3) is 5.69 Å². The van der Waals surface area contributed by atoms with Crippen molar-refractivity contribution in [2.24, 2.45) is 5.92 Å². The van der Waals surface area contributed by atoms with E-state index in [4.69, 9.17) is 4.74 Å². The number of alkyl halides is 2. The van der Waals surface area contributed by atoms with Crippen LogP contribution in [-0.4, -0.2) is 41.8 Å². The second-order valence-electron chi connectivity index (χ2n) is 6.26. The molecule has 1 aromatic rings. The summed E-state index contributed by atoms with van der Waals surface area (Å²) in [6.45, 7) is 1.96. The molecule has 10 heteroatoms. The number of halogens is 2. The first kappa shape index (κ1) is 22.3. The fourth-order valence-corrected chi connectivity index (χ4v) is 1.90. The van der Waals surface area contributed by atoms with Gasteiger partial charge in [-0.1, -0.05) is 13.8 Å². The maximum absolute atomic E-state index is 12.4. The molecular weight excluding hydrogens is 366 g/mol. The number of benzene rings is 1. The van der Waals surface area contributed by atoms with Crippen LogP contribution in [0, 0.1) is 16.0 Å². The molecular formula is C17H22F2N2O6. The molecule has 0 radical (unpaired) electrons. The Morgan fingerprint density at radius 1 is 1.41 bits per heavy atom. The van der Waals surface area contributed by atoms with Crippen molar-refractivity contribution in [3.8, 4) is 11.5 Å². The molecule has 0 bridgehead atoms. The third-order valence-corrected chi connectivity index (χ3v) is 4.00. The first-order valence-electron chi connectivity index (χ1n) is 7.97. The fraction of sp³-hybridized carbons (Fsp3) is 0.471. The van der Waals surface area contributed by atoms with Crippen LogP contribution in [-0.2, 0) is 4.79 Å². The van der Waals surface area contributed by atoms with Gasteiger partial charge in [0.2, 0.25) is 5.91 Å². The van der Waals surface area contributed by atoms with Gasteiger partial charge in [-0.05, 0) is 25.0 Å². The van der Waals surface area contributed by atoms with E-state index < -0.39 is 34.5 Å². The molecule has 27 heavy (non-hydrogen) atoms. The van der Waals surface area contributed by atoms with Crippen LogP contribution in [0.2, 0.25) is 0 Å². The third-order valence-electron chi connectivity index (χ3n) is 4.00. The van der Waals surface area contributed by atoms with E-state index in [1.165, 1.54) is 7.11 Å². The Bertz CT molecular complexity index is 720. The van der Waals surface area contributed by atoms with Crippen LogP contribution in [0.1, 0.15) is 26.3 Å². The zero-order valence-corrected chi connectivity index (χ0v) is 15.4. The van der Waals surface area contributed by atoms with Crippen molar-refractivity contribution in [1.82, 2.24) is 5.32 Å². The largest absolute Gasteiger partial charge is 0.493 e. The number of rotatable bonds is 9. The lowest BCUT2D eigenvalue weighted by Gasteiger charge is -2.27. The second kappa shape index (κ2) is 9.26. The van der Waals surface area contributed by atoms with Gasteiger partial charge in [-0.3, -0.25) is 14.9 Å². The molecule has 1 rings (SSSR count). The fourth-order valence-electron chi connectivity index (χ4n) is 1.90. The normalized spacial score (nSPS) is 13.7. The van der Waals surface area contributed by atoms with E-state index >= 15 is 0 Å². The summed E-state index contributed by atoms with van der Waals surface area (Å²) in [6.07, 6.45) is 2.18. The number of aliphatic hydroxyl groups is 1. The minimum Gasteiger partial charge on any atom is -0.493 e. The Morgan fingerprint density at radius 3 is 2.52 bits per heavy atom. The van der Waals surface area contributed by atoms with Gasteiger partial charge in [0, 0.05) is 12.6 Å². The van der Waals surface area contributed by atoms with Gasteiger partial charge in [-0.2, -0.15) is 8.78 Å². The minimum absolute atomic E-state index is 0.0135. The molecule has 0 heterocycles. The SMILES string of the molecule is COc1cc(C=CC(=O)NCC(C)(O)C(C)C)c([N+](=O)[O-])cc1OC(F)F. The number of methoxy groups -OCH3 is 1. The average Bonchev–Trinajstić information content (AvgIpc) is 2.57. The summed E-state index contributed by atoms with van der Waals surface area (Å²) < 4.78 is 34.0. The van der Waals surface area contributed by atoms with Crippen LogP contribution in [0.25, 0.3) is 6.08 Å².